The first-order valence-corrected chi connectivity index (χ1v) is 7.36. The van der Waals surface area contributed by atoms with Crippen molar-refractivity contribution in [2.24, 2.45) is 0 Å². The number of benzene rings is 1. The minimum absolute atomic E-state index is 0.0206. The SMILES string of the molecule is CC(=O)N1CCN(C(=O)CNC(=O)c2ccccc2C)CC1. The molecule has 6 heteroatoms. The number of piperazine rings is 1. The van der Waals surface area contributed by atoms with Crippen LogP contribution in [0.3, 0.4) is 0 Å². The van der Waals surface area contributed by atoms with E-state index in [4.69, 9.17) is 0 Å². The first-order valence-electron chi connectivity index (χ1n) is 7.36. The number of amides is 3. The molecular weight excluding hydrogens is 282 g/mol. The summed E-state index contributed by atoms with van der Waals surface area (Å²) < 4.78 is 0. The average Bonchev–Trinajstić information content (AvgIpc) is 2.52. The van der Waals surface area contributed by atoms with Crippen LogP contribution in [0, 0.1) is 6.92 Å². The van der Waals surface area contributed by atoms with Crippen molar-refractivity contribution in [3.63, 3.8) is 0 Å². The van der Waals surface area contributed by atoms with E-state index in [0.29, 0.717) is 31.7 Å². The van der Waals surface area contributed by atoms with Crippen molar-refractivity contribution in [2.45, 2.75) is 13.8 Å². The van der Waals surface area contributed by atoms with E-state index in [-0.39, 0.29) is 24.3 Å². The van der Waals surface area contributed by atoms with E-state index in [9.17, 15) is 14.4 Å². The smallest absolute Gasteiger partial charge is 0.251 e. The van der Waals surface area contributed by atoms with Gasteiger partial charge in [0, 0.05) is 38.7 Å². The predicted molar refractivity (Wildman–Crippen MR) is 82.3 cm³/mol. The minimum atomic E-state index is -0.242. The van der Waals surface area contributed by atoms with Crippen molar-refractivity contribution in [1.82, 2.24) is 15.1 Å². The molecule has 1 fully saturated rings. The Bertz CT molecular complexity index is 578. The molecule has 1 aliphatic rings. The molecule has 0 spiro atoms. The first kappa shape index (κ1) is 16.0. The van der Waals surface area contributed by atoms with E-state index >= 15 is 0 Å². The van der Waals surface area contributed by atoms with Crippen molar-refractivity contribution < 1.29 is 14.4 Å². The number of hydrogen-bond donors (Lipinski definition) is 1. The zero-order valence-electron chi connectivity index (χ0n) is 13.0. The largest absolute Gasteiger partial charge is 0.343 e. The van der Waals surface area contributed by atoms with E-state index in [1.54, 1.807) is 21.9 Å². The van der Waals surface area contributed by atoms with Crippen LogP contribution in [-0.4, -0.2) is 60.2 Å². The fraction of sp³-hybridized carbons (Fsp3) is 0.438. The third-order valence-corrected chi connectivity index (χ3v) is 3.87. The maximum Gasteiger partial charge on any atom is 0.251 e. The van der Waals surface area contributed by atoms with Gasteiger partial charge in [-0.1, -0.05) is 18.2 Å². The van der Waals surface area contributed by atoms with Crippen LogP contribution >= 0.6 is 0 Å². The van der Waals surface area contributed by atoms with E-state index in [1.165, 1.54) is 6.92 Å². The zero-order valence-corrected chi connectivity index (χ0v) is 13.0. The van der Waals surface area contributed by atoms with Gasteiger partial charge < -0.3 is 15.1 Å². The van der Waals surface area contributed by atoms with Gasteiger partial charge in [-0.25, -0.2) is 0 Å². The van der Waals surface area contributed by atoms with Crippen molar-refractivity contribution in [3.05, 3.63) is 35.4 Å². The summed E-state index contributed by atoms with van der Waals surface area (Å²) in [7, 11) is 0. The van der Waals surface area contributed by atoms with Crippen molar-refractivity contribution >= 4 is 17.7 Å². The molecule has 1 saturated heterocycles. The molecule has 0 radical (unpaired) electrons. The zero-order chi connectivity index (χ0) is 16.1. The van der Waals surface area contributed by atoms with Crippen LogP contribution in [0.5, 0.6) is 0 Å². The van der Waals surface area contributed by atoms with E-state index in [1.807, 2.05) is 19.1 Å². The molecule has 1 heterocycles. The van der Waals surface area contributed by atoms with E-state index < -0.39 is 0 Å². The first-order chi connectivity index (χ1) is 10.5. The highest BCUT2D eigenvalue weighted by Gasteiger charge is 2.22. The molecule has 1 aromatic carbocycles. The van der Waals surface area contributed by atoms with Gasteiger partial charge in [0.25, 0.3) is 5.91 Å². The molecule has 0 atom stereocenters. The molecule has 0 aromatic heterocycles. The second kappa shape index (κ2) is 7.06. The van der Waals surface area contributed by atoms with Crippen LogP contribution in [0.2, 0.25) is 0 Å². The van der Waals surface area contributed by atoms with Gasteiger partial charge >= 0.3 is 0 Å². The van der Waals surface area contributed by atoms with Gasteiger partial charge in [0.05, 0.1) is 6.54 Å². The number of aryl methyl sites for hydroxylation is 1. The Balaban J connectivity index is 1.82. The molecule has 3 amide bonds. The lowest BCUT2D eigenvalue weighted by molar-refractivity contribution is -0.137. The molecule has 0 saturated carbocycles. The third kappa shape index (κ3) is 3.84. The van der Waals surface area contributed by atoms with Crippen molar-refractivity contribution in [3.8, 4) is 0 Å². The number of nitrogens with one attached hydrogen (secondary N) is 1. The van der Waals surface area contributed by atoms with Gasteiger partial charge in [-0.15, -0.1) is 0 Å². The lowest BCUT2D eigenvalue weighted by atomic mass is 10.1. The van der Waals surface area contributed by atoms with Gasteiger partial charge in [0.1, 0.15) is 0 Å². The lowest BCUT2D eigenvalue weighted by Gasteiger charge is -2.34. The summed E-state index contributed by atoms with van der Waals surface area (Å²) in [6.45, 7) is 5.49. The molecule has 2 rings (SSSR count). The fourth-order valence-electron chi connectivity index (χ4n) is 2.46. The van der Waals surface area contributed by atoms with Gasteiger partial charge in [-0.05, 0) is 18.6 Å². The van der Waals surface area contributed by atoms with Crippen molar-refractivity contribution in [2.75, 3.05) is 32.7 Å². The van der Waals surface area contributed by atoms with Crippen molar-refractivity contribution in [1.29, 1.82) is 0 Å². The second-order valence-electron chi connectivity index (χ2n) is 5.38. The second-order valence-corrected chi connectivity index (χ2v) is 5.38. The van der Waals surface area contributed by atoms with Crippen LogP contribution in [-0.2, 0) is 9.59 Å². The fourth-order valence-corrected chi connectivity index (χ4v) is 2.46. The molecule has 1 N–H and O–H groups in total. The molecule has 0 aliphatic carbocycles. The minimum Gasteiger partial charge on any atom is -0.343 e. The molecule has 1 aliphatic heterocycles. The topological polar surface area (TPSA) is 69.7 Å². The molecule has 1 aromatic rings. The lowest BCUT2D eigenvalue weighted by Crippen LogP contribution is -2.52. The number of nitrogens with zero attached hydrogens (tertiary/aromatic N) is 2. The maximum absolute atomic E-state index is 12.1. The van der Waals surface area contributed by atoms with Gasteiger partial charge in [0.15, 0.2) is 0 Å². The van der Waals surface area contributed by atoms with Gasteiger partial charge in [0.2, 0.25) is 11.8 Å². The number of carbonyl (C=O) groups excluding carboxylic acids is 3. The molecule has 0 bridgehead atoms. The third-order valence-electron chi connectivity index (χ3n) is 3.87. The highest BCUT2D eigenvalue weighted by molar-refractivity contribution is 5.97. The normalized spacial score (nSPS) is 14.6. The number of carbonyl (C=O) groups is 3. The van der Waals surface area contributed by atoms with Crippen LogP contribution in [0.25, 0.3) is 0 Å². The standard InChI is InChI=1S/C16H21N3O3/c1-12-5-3-4-6-14(12)16(22)17-11-15(21)19-9-7-18(8-10-19)13(2)20/h3-6H,7-11H2,1-2H3,(H,17,22). The van der Waals surface area contributed by atoms with Gasteiger partial charge in [-0.3, -0.25) is 14.4 Å². The Morgan fingerprint density at radius 1 is 1.05 bits per heavy atom. The summed E-state index contributed by atoms with van der Waals surface area (Å²) in [5, 5.41) is 2.66. The Kier molecular flexibility index (Phi) is 5.14. The predicted octanol–water partition coefficient (Wildman–Crippen LogP) is 0.416. The summed E-state index contributed by atoms with van der Waals surface area (Å²) in [4.78, 5) is 38.8. The molecule has 6 nitrogen and oxygen atoms in total. The summed E-state index contributed by atoms with van der Waals surface area (Å²) in [5.74, 6) is -0.334. The molecule has 0 unspecified atom stereocenters. The van der Waals surface area contributed by atoms with Crippen LogP contribution in [0.1, 0.15) is 22.8 Å². The van der Waals surface area contributed by atoms with E-state index in [0.717, 1.165) is 5.56 Å². The summed E-state index contributed by atoms with van der Waals surface area (Å²) >= 11 is 0. The van der Waals surface area contributed by atoms with Crippen LogP contribution in [0.4, 0.5) is 0 Å². The van der Waals surface area contributed by atoms with Crippen LogP contribution < -0.4 is 5.32 Å². The number of hydrogen-bond acceptors (Lipinski definition) is 3. The Labute approximate surface area is 130 Å². The monoisotopic (exact) mass is 303 g/mol. The molecule has 118 valence electrons. The van der Waals surface area contributed by atoms with Gasteiger partial charge in [-0.2, -0.15) is 0 Å². The quantitative estimate of drug-likeness (QED) is 0.879. The summed E-state index contributed by atoms with van der Waals surface area (Å²) in [6.07, 6.45) is 0. The average molecular weight is 303 g/mol. The van der Waals surface area contributed by atoms with E-state index in [2.05, 4.69) is 5.32 Å². The van der Waals surface area contributed by atoms with Crippen LogP contribution in [0.15, 0.2) is 24.3 Å². The molecular formula is C16H21N3O3. The Morgan fingerprint density at radius 3 is 2.23 bits per heavy atom. The Morgan fingerprint density at radius 2 is 1.64 bits per heavy atom. The summed E-state index contributed by atoms with van der Waals surface area (Å²) in [5.41, 5.74) is 1.46. The highest BCUT2D eigenvalue weighted by atomic mass is 16.2. The summed E-state index contributed by atoms with van der Waals surface area (Å²) in [6, 6.07) is 7.26. The maximum atomic E-state index is 12.1. The Hall–Kier alpha value is -2.37. The highest BCUT2D eigenvalue weighted by Crippen LogP contribution is 2.06. The number of rotatable bonds is 3. The molecule has 22 heavy (non-hydrogen) atoms.